The molecule has 0 aliphatic rings. The van der Waals surface area contributed by atoms with Crippen molar-refractivity contribution in [2.45, 2.75) is 25.9 Å². The molecule has 0 fully saturated rings. The quantitative estimate of drug-likeness (QED) is 0.793. The molecular weight excluding hydrogens is 260 g/mol. The van der Waals surface area contributed by atoms with Gasteiger partial charge in [0.1, 0.15) is 11.9 Å². The lowest BCUT2D eigenvalue weighted by molar-refractivity contribution is 0.212. The summed E-state index contributed by atoms with van der Waals surface area (Å²) in [5, 5.41) is 13.0. The molecule has 0 saturated carbocycles. The summed E-state index contributed by atoms with van der Waals surface area (Å²) in [6.45, 7) is 4.22. The van der Waals surface area contributed by atoms with Crippen LogP contribution >= 0.6 is 0 Å². The number of fused-ring (bicyclic) bond motifs is 1. The molecule has 0 radical (unpaired) electrons. The molecule has 3 nitrogen and oxygen atoms in total. The van der Waals surface area contributed by atoms with Gasteiger partial charge < -0.3 is 9.67 Å². The van der Waals surface area contributed by atoms with E-state index in [0.29, 0.717) is 5.92 Å². The minimum Gasteiger partial charge on any atom is -0.382 e. The minimum atomic E-state index is -0.666. The fourth-order valence-electron chi connectivity index (χ4n) is 2.88. The van der Waals surface area contributed by atoms with Crippen LogP contribution in [0.4, 0.5) is 0 Å². The third-order valence-electron chi connectivity index (χ3n) is 3.97. The van der Waals surface area contributed by atoms with Gasteiger partial charge in [-0.1, -0.05) is 56.3 Å². The Morgan fingerprint density at radius 2 is 1.76 bits per heavy atom. The zero-order chi connectivity index (χ0) is 15.0. The van der Waals surface area contributed by atoms with Crippen LogP contribution in [0.2, 0.25) is 0 Å². The van der Waals surface area contributed by atoms with E-state index in [1.807, 2.05) is 41.9 Å². The molecule has 0 aliphatic heterocycles. The zero-order valence-corrected chi connectivity index (χ0v) is 12.6. The Kier molecular flexibility index (Phi) is 3.52. The van der Waals surface area contributed by atoms with E-state index in [4.69, 9.17) is 0 Å². The Hall–Kier alpha value is -2.13. The molecule has 3 heteroatoms. The largest absolute Gasteiger partial charge is 0.382 e. The van der Waals surface area contributed by atoms with Gasteiger partial charge in [-0.25, -0.2) is 4.98 Å². The van der Waals surface area contributed by atoms with E-state index in [-0.39, 0.29) is 0 Å². The maximum atomic E-state index is 10.8. The average molecular weight is 280 g/mol. The standard InChI is InChI=1S/C18H20N2O/c1-12(2)18-19-11-16(20(18)3)17(21)15-10-6-8-13-7-4-5-9-14(13)15/h4-12,17,21H,1-3H3/t17-/m0/s1. The second-order valence-electron chi connectivity index (χ2n) is 5.73. The van der Waals surface area contributed by atoms with Crippen molar-refractivity contribution in [3.63, 3.8) is 0 Å². The molecular formula is C18H20N2O. The van der Waals surface area contributed by atoms with Gasteiger partial charge in [0.05, 0.1) is 11.9 Å². The van der Waals surface area contributed by atoms with Crippen molar-refractivity contribution in [1.82, 2.24) is 9.55 Å². The fraction of sp³-hybridized carbons (Fsp3) is 0.278. The summed E-state index contributed by atoms with van der Waals surface area (Å²) in [5.41, 5.74) is 1.75. The van der Waals surface area contributed by atoms with E-state index in [1.165, 1.54) is 0 Å². The first kappa shape index (κ1) is 13.8. The van der Waals surface area contributed by atoms with Crippen molar-refractivity contribution < 1.29 is 5.11 Å². The highest BCUT2D eigenvalue weighted by molar-refractivity contribution is 5.86. The van der Waals surface area contributed by atoms with E-state index < -0.39 is 6.10 Å². The summed E-state index contributed by atoms with van der Waals surface area (Å²) in [6, 6.07) is 14.2. The van der Waals surface area contributed by atoms with E-state index in [9.17, 15) is 5.11 Å². The molecule has 2 aromatic carbocycles. The molecule has 1 heterocycles. The molecule has 1 atom stereocenters. The summed E-state index contributed by atoms with van der Waals surface area (Å²) in [4.78, 5) is 4.44. The molecule has 0 bridgehead atoms. The predicted molar refractivity (Wildman–Crippen MR) is 85.3 cm³/mol. The van der Waals surface area contributed by atoms with E-state index in [1.54, 1.807) is 6.20 Å². The van der Waals surface area contributed by atoms with Crippen molar-refractivity contribution in [3.8, 4) is 0 Å². The lowest BCUT2D eigenvalue weighted by atomic mass is 9.99. The Morgan fingerprint density at radius 3 is 2.48 bits per heavy atom. The highest BCUT2D eigenvalue weighted by Crippen LogP contribution is 2.29. The van der Waals surface area contributed by atoms with Crippen LogP contribution in [-0.4, -0.2) is 14.7 Å². The molecule has 1 N–H and O–H groups in total. The van der Waals surface area contributed by atoms with Crippen LogP contribution in [0.25, 0.3) is 10.8 Å². The molecule has 0 amide bonds. The molecule has 3 aromatic rings. The lowest BCUT2D eigenvalue weighted by Gasteiger charge is -2.16. The van der Waals surface area contributed by atoms with Gasteiger partial charge in [0.15, 0.2) is 0 Å². The van der Waals surface area contributed by atoms with Crippen LogP contribution in [0.5, 0.6) is 0 Å². The van der Waals surface area contributed by atoms with Crippen LogP contribution in [0.1, 0.15) is 43.0 Å². The second kappa shape index (κ2) is 5.34. The maximum Gasteiger partial charge on any atom is 0.121 e. The SMILES string of the molecule is CC(C)c1ncc([C@@H](O)c2cccc3ccccc23)n1C. The maximum absolute atomic E-state index is 10.8. The topological polar surface area (TPSA) is 38.1 Å². The molecule has 108 valence electrons. The highest BCUT2D eigenvalue weighted by atomic mass is 16.3. The summed E-state index contributed by atoms with van der Waals surface area (Å²) in [7, 11) is 1.96. The van der Waals surface area contributed by atoms with Gasteiger partial charge in [0.2, 0.25) is 0 Å². The smallest absolute Gasteiger partial charge is 0.121 e. The third-order valence-corrected chi connectivity index (χ3v) is 3.97. The number of imidazole rings is 1. The van der Waals surface area contributed by atoms with Crippen molar-refractivity contribution in [2.75, 3.05) is 0 Å². The van der Waals surface area contributed by atoms with Gasteiger partial charge in [-0.3, -0.25) is 0 Å². The molecule has 0 aliphatic carbocycles. The number of aliphatic hydroxyl groups is 1. The van der Waals surface area contributed by atoms with Gasteiger partial charge in [-0.15, -0.1) is 0 Å². The van der Waals surface area contributed by atoms with Crippen LogP contribution < -0.4 is 0 Å². The molecule has 0 unspecified atom stereocenters. The first-order chi connectivity index (χ1) is 10.1. The van der Waals surface area contributed by atoms with E-state index in [2.05, 4.69) is 31.0 Å². The number of hydrogen-bond donors (Lipinski definition) is 1. The number of nitrogens with zero attached hydrogens (tertiary/aromatic N) is 2. The van der Waals surface area contributed by atoms with Crippen LogP contribution in [0, 0.1) is 0 Å². The number of benzene rings is 2. The number of aliphatic hydroxyl groups excluding tert-OH is 1. The fourth-order valence-corrected chi connectivity index (χ4v) is 2.88. The Labute approximate surface area is 124 Å². The Balaban J connectivity index is 2.11. The Bertz CT molecular complexity index is 768. The molecule has 3 rings (SSSR count). The predicted octanol–water partition coefficient (Wildman–Crippen LogP) is 3.78. The van der Waals surface area contributed by atoms with Gasteiger partial charge in [0, 0.05) is 13.0 Å². The van der Waals surface area contributed by atoms with Gasteiger partial charge >= 0.3 is 0 Å². The van der Waals surface area contributed by atoms with Crippen LogP contribution in [0.3, 0.4) is 0 Å². The van der Waals surface area contributed by atoms with E-state index in [0.717, 1.165) is 27.9 Å². The van der Waals surface area contributed by atoms with Gasteiger partial charge in [-0.05, 0) is 16.3 Å². The van der Waals surface area contributed by atoms with Crippen molar-refractivity contribution >= 4 is 10.8 Å². The number of hydrogen-bond acceptors (Lipinski definition) is 2. The van der Waals surface area contributed by atoms with Crippen molar-refractivity contribution in [2.24, 2.45) is 7.05 Å². The first-order valence-corrected chi connectivity index (χ1v) is 7.27. The molecule has 21 heavy (non-hydrogen) atoms. The molecule has 1 aromatic heterocycles. The van der Waals surface area contributed by atoms with Crippen molar-refractivity contribution in [3.05, 3.63) is 65.7 Å². The number of aromatic nitrogens is 2. The summed E-state index contributed by atoms with van der Waals surface area (Å²) < 4.78 is 2.00. The second-order valence-corrected chi connectivity index (χ2v) is 5.73. The summed E-state index contributed by atoms with van der Waals surface area (Å²) in [5.74, 6) is 1.33. The van der Waals surface area contributed by atoms with Gasteiger partial charge in [0.25, 0.3) is 0 Å². The molecule has 0 spiro atoms. The minimum absolute atomic E-state index is 0.337. The van der Waals surface area contributed by atoms with Crippen LogP contribution in [0.15, 0.2) is 48.7 Å². The monoisotopic (exact) mass is 280 g/mol. The van der Waals surface area contributed by atoms with E-state index >= 15 is 0 Å². The third kappa shape index (κ3) is 2.34. The van der Waals surface area contributed by atoms with Crippen molar-refractivity contribution in [1.29, 1.82) is 0 Å². The van der Waals surface area contributed by atoms with Gasteiger partial charge in [-0.2, -0.15) is 0 Å². The zero-order valence-electron chi connectivity index (χ0n) is 12.6. The average Bonchev–Trinajstić information content (AvgIpc) is 2.88. The summed E-state index contributed by atoms with van der Waals surface area (Å²) in [6.07, 6.45) is 1.11. The molecule has 0 saturated heterocycles. The first-order valence-electron chi connectivity index (χ1n) is 7.27. The van der Waals surface area contributed by atoms with Crippen LogP contribution in [-0.2, 0) is 7.05 Å². The lowest BCUT2D eigenvalue weighted by Crippen LogP contribution is -2.09. The number of rotatable bonds is 3. The normalized spacial score (nSPS) is 13.0. The summed E-state index contributed by atoms with van der Waals surface area (Å²) >= 11 is 0. The highest BCUT2D eigenvalue weighted by Gasteiger charge is 2.19. The Morgan fingerprint density at radius 1 is 1.05 bits per heavy atom.